The minimum absolute atomic E-state index is 0.0266. The van der Waals surface area contributed by atoms with Gasteiger partial charge in [0.25, 0.3) is 5.91 Å². The van der Waals surface area contributed by atoms with Gasteiger partial charge >= 0.3 is 0 Å². The summed E-state index contributed by atoms with van der Waals surface area (Å²) < 4.78 is 0.874. The number of hydrogen-bond acceptors (Lipinski definition) is 1. The van der Waals surface area contributed by atoms with Gasteiger partial charge in [0.2, 0.25) is 0 Å². The fraction of sp³-hybridized carbons (Fsp3) is 0.462. The third kappa shape index (κ3) is 2.64. The van der Waals surface area contributed by atoms with E-state index in [4.69, 9.17) is 0 Å². The molecule has 0 spiro atoms. The lowest BCUT2D eigenvalue weighted by molar-refractivity contribution is 0.0938. The number of aryl methyl sites for hydroxylation is 1. The van der Waals surface area contributed by atoms with Gasteiger partial charge in [-0.15, -0.1) is 0 Å². The maximum absolute atomic E-state index is 11.9. The number of halogens is 1. The Hall–Kier alpha value is -0.830. The molecular weight excluding hydrogens is 266 g/mol. The Morgan fingerprint density at radius 3 is 2.81 bits per heavy atom. The van der Waals surface area contributed by atoms with E-state index in [2.05, 4.69) is 21.2 Å². The summed E-state index contributed by atoms with van der Waals surface area (Å²) in [5.41, 5.74) is 1.88. The van der Waals surface area contributed by atoms with E-state index in [0.717, 1.165) is 22.1 Å². The van der Waals surface area contributed by atoms with Gasteiger partial charge in [-0.1, -0.05) is 12.5 Å². The number of rotatable bonds is 3. The summed E-state index contributed by atoms with van der Waals surface area (Å²) in [5.74, 6) is 0.729. The average Bonchev–Trinajstić information content (AvgIpc) is 2.14. The van der Waals surface area contributed by atoms with Crippen molar-refractivity contribution in [2.75, 3.05) is 6.54 Å². The summed E-state index contributed by atoms with van der Waals surface area (Å²) in [4.78, 5) is 11.9. The van der Waals surface area contributed by atoms with Crippen molar-refractivity contribution in [3.8, 4) is 0 Å². The fourth-order valence-electron chi connectivity index (χ4n) is 1.83. The fourth-order valence-corrected chi connectivity index (χ4v) is 2.51. The van der Waals surface area contributed by atoms with E-state index in [1.165, 1.54) is 19.3 Å². The highest BCUT2D eigenvalue weighted by Crippen LogP contribution is 2.25. The first-order valence-corrected chi connectivity index (χ1v) is 6.50. The van der Waals surface area contributed by atoms with Gasteiger partial charge in [0, 0.05) is 11.0 Å². The molecule has 86 valence electrons. The van der Waals surface area contributed by atoms with Crippen LogP contribution in [0.3, 0.4) is 0 Å². The van der Waals surface area contributed by atoms with Crippen LogP contribution >= 0.6 is 15.9 Å². The van der Waals surface area contributed by atoms with E-state index in [9.17, 15) is 4.79 Å². The number of benzene rings is 1. The van der Waals surface area contributed by atoms with E-state index in [0.29, 0.717) is 5.92 Å². The third-order valence-electron chi connectivity index (χ3n) is 3.15. The summed E-state index contributed by atoms with van der Waals surface area (Å²) in [6.45, 7) is 2.83. The highest BCUT2D eigenvalue weighted by atomic mass is 79.9. The molecule has 0 saturated heterocycles. The van der Waals surface area contributed by atoms with Crippen molar-refractivity contribution in [3.05, 3.63) is 33.8 Å². The smallest absolute Gasteiger partial charge is 0.252 e. The van der Waals surface area contributed by atoms with Crippen molar-refractivity contribution < 1.29 is 4.79 Å². The van der Waals surface area contributed by atoms with Gasteiger partial charge in [-0.05, 0) is 59.3 Å². The van der Waals surface area contributed by atoms with Gasteiger partial charge < -0.3 is 5.32 Å². The van der Waals surface area contributed by atoms with Crippen molar-refractivity contribution in [1.82, 2.24) is 5.32 Å². The zero-order chi connectivity index (χ0) is 11.5. The van der Waals surface area contributed by atoms with Crippen molar-refractivity contribution in [3.63, 3.8) is 0 Å². The SMILES string of the molecule is Cc1ccc(C(=O)NCC2CCC2)c(Br)c1. The molecule has 1 aliphatic rings. The number of carbonyl (C=O) groups excluding carboxylic acids is 1. The normalized spacial score (nSPS) is 15.6. The van der Waals surface area contributed by atoms with Crippen LogP contribution in [0.1, 0.15) is 35.2 Å². The Bertz CT molecular complexity index is 399. The number of carbonyl (C=O) groups is 1. The van der Waals surface area contributed by atoms with E-state index < -0.39 is 0 Å². The Morgan fingerprint density at radius 2 is 2.25 bits per heavy atom. The predicted octanol–water partition coefficient (Wildman–Crippen LogP) is 3.29. The molecule has 0 atom stereocenters. The zero-order valence-corrected chi connectivity index (χ0v) is 11.0. The summed E-state index contributed by atoms with van der Waals surface area (Å²) in [7, 11) is 0. The molecule has 0 heterocycles. The lowest BCUT2D eigenvalue weighted by atomic mass is 9.85. The van der Waals surface area contributed by atoms with Crippen LogP contribution in [-0.2, 0) is 0 Å². The maximum Gasteiger partial charge on any atom is 0.252 e. The van der Waals surface area contributed by atoms with Crippen LogP contribution in [0.2, 0.25) is 0 Å². The molecule has 1 fully saturated rings. The van der Waals surface area contributed by atoms with E-state index >= 15 is 0 Å². The largest absolute Gasteiger partial charge is 0.352 e. The van der Waals surface area contributed by atoms with Gasteiger partial charge in [-0.3, -0.25) is 4.79 Å². The second-order valence-electron chi connectivity index (χ2n) is 4.49. The molecule has 0 unspecified atom stereocenters. The van der Waals surface area contributed by atoms with Gasteiger partial charge in [0.05, 0.1) is 5.56 Å². The van der Waals surface area contributed by atoms with Gasteiger partial charge in [0.1, 0.15) is 0 Å². The topological polar surface area (TPSA) is 29.1 Å². The molecule has 1 aromatic rings. The molecule has 1 amide bonds. The van der Waals surface area contributed by atoms with Crippen LogP contribution in [0, 0.1) is 12.8 Å². The Labute approximate surface area is 105 Å². The third-order valence-corrected chi connectivity index (χ3v) is 3.80. The Morgan fingerprint density at radius 1 is 1.50 bits per heavy atom. The van der Waals surface area contributed by atoms with Crippen LogP contribution in [0.15, 0.2) is 22.7 Å². The first kappa shape index (κ1) is 11.6. The van der Waals surface area contributed by atoms with Crippen molar-refractivity contribution in [1.29, 1.82) is 0 Å². The van der Waals surface area contributed by atoms with Gasteiger partial charge in [0.15, 0.2) is 0 Å². The van der Waals surface area contributed by atoms with Crippen LogP contribution in [0.4, 0.5) is 0 Å². The van der Waals surface area contributed by atoms with Crippen molar-refractivity contribution in [2.45, 2.75) is 26.2 Å². The second kappa shape index (κ2) is 5.00. The molecular formula is C13H16BrNO. The molecule has 0 bridgehead atoms. The van der Waals surface area contributed by atoms with Crippen LogP contribution in [0.25, 0.3) is 0 Å². The molecule has 1 N–H and O–H groups in total. The lowest BCUT2D eigenvalue weighted by Gasteiger charge is -2.25. The number of amides is 1. The molecule has 0 radical (unpaired) electrons. The Balaban J connectivity index is 1.96. The maximum atomic E-state index is 11.9. The van der Waals surface area contributed by atoms with E-state index in [-0.39, 0.29) is 5.91 Å². The summed E-state index contributed by atoms with van der Waals surface area (Å²) in [6, 6.07) is 5.80. The van der Waals surface area contributed by atoms with Crippen LogP contribution < -0.4 is 5.32 Å². The minimum Gasteiger partial charge on any atom is -0.352 e. The molecule has 0 aromatic heterocycles. The lowest BCUT2D eigenvalue weighted by Crippen LogP contribution is -2.32. The summed E-state index contributed by atoms with van der Waals surface area (Å²) >= 11 is 3.42. The highest BCUT2D eigenvalue weighted by Gasteiger charge is 2.18. The molecule has 16 heavy (non-hydrogen) atoms. The van der Waals surface area contributed by atoms with Crippen LogP contribution in [0.5, 0.6) is 0 Å². The molecule has 1 aromatic carbocycles. The zero-order valence-electron chi connectivity index (χ0n) is 9.42. The Kier molecular flexibility index (Phi) is 3.64. The minimum atomic E-state index is 0.0266. The van der Waals surface area contributed by atoms with E-state index in [1.54, 1.807) is 0 Å². The average molecular weight is 282 g/mol. The van der Waals surface area contributed by atoms with E-state index in [1.807, 2.05) is 25.1 Å². The monoisotopic (exact) mass is 281 g/mol. The first-order chi connectivity index (χ1) is 7.66. The predicted molar refractivity (Wildman–Crippen MR) is 68.6 cm³/mol. The van der Waals surface area contributed by atoms with Gasteiger partial charge in [-0.2, -0.15) is 0 Å². The first-order valence-electron chi connectivity index (χ1n) is 5.71. The molecule has 3 heteroatoms. The molecule has 2 rings (SSSR count). The van der Waals surface area contributed by atoms with Crippen LogP contribution in [-0.4, -0.2) is 12.5 Å². The van der Waals surface area contributed by atoms with Gasteiger partial charge in [-0.25, -0.2) is 0 Å². The standard InChI is InChI=1S/C13H16BrNO/c1-9-5-6-11(12(14)7-9)13(16)15-8-10-3-2-4-10/h5-7,10H,2-4,8H2,1H3,(H,15,16). The molecule has 2 nitrogen and oxygen atoms in total. The van der Waals surface area contributed by atoms with Crippen molar-refractivity contribution in [2.24, 2.45) is 5.92 Å². The molecule has 1 saturated carbocycles. The number of nitrogens with one attached hydrogen (secondary N) is 1. The van der Waals surface area contributed by atoms with Crippen molar-refractivity contribution >= 4 is 21.8 Å². The molecule has 1 aliphatic carbocycles. The highest BCUT2D eigenvalue weighted by molar-refractivity contribution is 9.10. The number of hydrogen-bond donors (Lipinski definition) is 1. The summed E-state index contributed by atoms with van der Waals surface area (Å²) in [6.07, 6.45) is 3.83. The second-order valence-corrected chi connectivity index (χ2v) is 5.34. The summed E-state index contributed by atoms with van der Waals surface area (Å²) in [5, 5.41) is 2.99. The quantitative estimate of drug-likeness (QED) is 0.905. The molecule has 0 aliphatic heterocycles.